The Morgan fingerprint density at radius 2 is 1.64 bits per heavy atom. The summed E-state index contributed by atoms with van der Waals surface area (Å²) in [6.07, 6.45) is 0. The van der Waals surface area contributed by atoms with E-state index in [1.807, 2.05) is 24.3 Å². The second kappa shape index (κ2) is 8.82. The van der Waals surface area contributed by atoms with Crippen molar-refractivity contribution in [3.63, 3.8) is 0 Å². The number of hydrogen-bond donors (Lipinski definition) is 2. The van der Waals surface area contributed by atoms with Crippen LogP contribution in [0.3, 0.4) is 0 Å². The van der Waals surface area contributed by atoms with Gasteiger partial charge in [0.15, 0.2) is 0 Å². The van der Waals surface area contributed by atoms with Crippen LogP contribution in [0.1, 0.15) is 13.8 Å². The molecule has 0 atom stereocenters. The van der Waals surface area contributed by atoms with Gasteiger partial charge in [-0.05, 0) is 50.2 Å². The van der Waals surface area contributed by atoms with E-state index in [1.165, 1.54) is 0 Å². The standard InChI is InChI=1S/C19H25N3O3/c1-5-22(6-2)15-9-7-14(8-10-15)20-19(23)21-17-13-16(24-3)11-12-18(17)25-4/h7-13H,5-6H2,1-4H3,(H2,20,21,23). The number of hydrogen-bond acceptors (Lipinski definition) is 4. The molecule has 0 fully saturated rings. The van der Waals surface area contributed by atoms with Crippen molar-refractivity contribution in [3.8, 4) is 11.5 Å². The first kappa shape index (κ1) is 18.4. The summed E-state index contributed by atoms with van der Waals surface area (Å²) in [4.78, 5) is 14.5. The van der Waals surface area contributed by atoms with Crippen molar-refractivity contribution in [2.45, 2.75) is 13.8 Å². The summed E-state index contributed by atoms with van der Waals surface area (Å²) in [6.45, 7) is 6.12. The van der Waals surface area contributed by atoms with Crippen molar-refractivity contribution in [1.82, 2.24) is 0 Å². The molecule has 0 aliphatic rings. The molecule has 134 valence electrons. The Balaban J connectivity index is 2.05. The minimum Gasteiger partial charge on any atom is -0.497 e. The molecule has 6 heteroatoms. The number of anilines is 3. The van der Waals surface area contributed by atoms with Crippen molar-refractivity contribution in [2.75, 3.05) is 42.8 Å². The maximum Gasteiger partial charge on any atom is 0.323 e. The molecule has 0 saturated carbocycles. The van der Waals surface area contributed by atoms with Gasteiger partial charge in [0, 0.05) is 30.5 Å². The summed E-state index contributed by atoms with van der Waals surface area (Å²) < 4.78 is 10.4. The van der Waals surface area contributed by atoms with Gasteiger partial charge in [0.1, 0.15) is 11.5 Å². The van der Waals surface area contributed by atoms with Crippen molar-refractivity contribution in [2.24, 2.45) is 0 Å². The fourth-order valence-corrected chi connectivity index (χ4v) is 2.54. The van der Waals surface area contributed by atoms with E-state index in [0.29, 0.717) is 17.2 Å². The highest BCUT2D eigenvalue weighted by Crippen LogP contribution is 2.29. The van der Waals surface area contributed by atoms with Crippen LogP contribution in [0, 0.1) is 0 Å². The van der Waals surface area contributed by atoms with E-state index in [2.05, 4.69) is 29.4 Å². The lowest BCUT2D eigenvalue weighted by Crippen LogP contribution is -2.22. The first-order valence-electron chi connectivity index (χ1n) is 8.26. The molecule has 0 spiro atoms. The molecule has 0 heterocycles. The molecule has 0 saturated heterocycles. The van der Waals surface area contributed by atoms with Crippen LogP contribution >= 0.6 is 0 Å². The number of benzene rings is 2. The van der Waals surface area contributed by atoms with E-state index >= 15 is 0 Å². The average molecular weight is 343 g/mol. The van der Waals surface area contributed by atoms with Crippen LogP contribution in [0.2, 0.25) is 0 Å². The Morgan fingerprint density at radius 3 is 2.20 bits per heavy atom. The molecule has 2 rings (SSSR count). The molecule has 2 aromatic rings. The molecule has 2 aromatic carbocycles. The van der Waals surface area contributed by atoms with Crippen LogP contribution in [-0.2, 0) is 0 Å². The van der Waals surface area contributed by atoms with E-state index < -0.39 is 0 Å². The van der Waals surface area contributed by atoms with Crippen molar-refractivity contribution in [1.29, 1.82) is 0 Å². The fourth-order valence-electron chi connectivity index (χ4n) is 2.54. The van der Waals surface area contributed by atoms with Gasteiger partial charge in [0.05, 0.1) is 19.9 Å². The van der Waals surface area contributed by atoms with E-state index in [4.69, 9.17) is 9.47 Å². The van der Waals surface area contributed by atoms with E-state index in [-0.39, 0.29) is 6.03 Å². The normalized spacial score (nSPS) is 10.1. The summed E-state index contributed by atoms with van der Waals surface area (Å²) in [5.74, 6) is 1.20. The SMILES string of the molecule is CCN(CC)c1ccc(NC(=O)Nc2cc(OC)ccc2OC)cc1. The largest absolute Gasteiger partial charge is 0.497 e. The number of amides is 2. The summed E-state index contributed by atoms with van der Waals surface area (Å²) in [5.41, 5.74) is 2.39. The molecule has 25 heavy (non-hydrogen) atoms. The first-order valence-corrected chi connectivity index (χ1v) is 8.26. The predicted octanol–water partition coefficient (Wildman–Crippen LogP) is 4.19. The second-order valence-corrected chi connectivity index (χ2v) is 5.36. The zero-order valence-corrected chi connectivity index (χ0v) is 15.1. The molecule has 0 aromatic heterocycles. The highest BCUT2D eigenvalue weighted by atomic mass is 16.5. The van der Waals surface area contributed by atoms with E-state index in [1.54, 1.807) is 32.4 Å². The number of methoxy groups -OCH3 is 2. The van der Waals surface area contributed by atoms with Crippen LogP contribution in [0.4, 0.5) is 21.9 Å². The van der Waals surface area contributed by atoms with Gasteiger partial charge in [-0.2, -0.15) is 0 Å². The maximum absolute atomic E-state index is 12.3. The third kappa shape index (κ3) is 4.79. The van der Waals surface area contributed by atoms with Crippen molar-refractivity contribution in [3.05, 3.63) is 42.5 Å². The van der Waals surface area contributed by atoms with Crippen LogP contribution in [0.15, 0.2) is 42.5 Å². The molecule has 6 nitrogen and oxygen atoms in total. The summed E-state index contributed by atoms with van der Waals surface area (Å²) in [5, 5.41) is 5.60. The van der Waals surface area contributed by atoms with Gasteiger partial charge in [-0.25, -0.2) is 4.79 Å². The van der Waals surface area contributed by atoms with E-state index in [0.717, 1.165) is 24.5 Å². The lowest BCUT2D eigenvalue weighted by Gasteiger charge is -2.21. The zero-order chi connectivity index (χ0) is 18.2. The summed E-state index contributed by atoms with van der Waals surface area (Å²) in [7, 11) is 3.12. The lowest BCUT2D eigenvalue weighted by atomic mass is 10.2. The highest BCUT2D eigenvalue weighted by Gasteiger charge is 2.09. The van der Waals surface area contributed by atoms with Gasteiger partial charge < -0.3 is 25.0 Å². The van der Waals surface area contributed by atoms with Gasteiger partial charge in [-0.15, -0.1) is 0 Å². The second-order valence-electron chi connectivity index (χ2n) is 5.36. The Kier molecular flexibility index (Phi) is 6.51. The molecular weight excluding hydrogens is 318 g/mol. The molecule has 0 aliphatic heterocycles. The van der Waals surface area contributed by atoms with Gasteiger partial charge in [-0.3, -0.25) is 0 Å². The summed E-state index contributed by atoms with van der Waals surface area (Å²) >= 11 is 0. The third-order valence-corrected chi connectivity index (χ3v) is 3.91. The van der Waals surface area contributed by atoms with Gasteiger partial charge in [-0.1, -0.05) is 0 Å². The first-order chi connectivity index (χ1) is 12.1. The fraction of sp³-hybridized carbons (Fsp3) is 0.316. The molecule has 0 unspecified atom stereocenters. The molecule has 2 N–H and O–H groups in total. The molecular formula is C19H25N3O3. The topological polar surface area (TPSA) is 62.8 Å². The number of urea groups is 1. The van der Waals surface area contributed by atoms with Gasteiger partial charge in [0.2, 0.25) is 0 Å². The number of carbonyl (C=O) groups is 1. The maximum atomic E-state index is 12.3. The number of rotatable bonds is 7. The van der Waals surface area contributed by atoms with Crippen LogP contribution < -0.4 is 25.0 Å². The molecule has 2 amide bonds. The minimum atomic E-state index is -0.345. The number of nitrogens with one attached hydrogen (secondary N) is 2. The number of carbonyl (C=O) groups excluding carboxylic acids is 1. The average Bonchev–Trinajstić information content (AvgIpc) is 2.64. The molecule has 0 aliphatic carbocycles. The Bertz CT molecular complexity index is 698. The van der Waals surface area contributed by atoms with Crippen molar-refractivity contribution >= 4 is 23.1 Å². The van der Waals surface area contributed by atoms with Crippen LogP contribution in [0.5, 0.6) is 11.5 Å². The Morgan fingerprint density at radius 1 is 0.960 bits per heavy atom. The van der Waals surface area contributed by atoms with Crippen molar-refractivity contribution < 1.29 is 14.3 Å². The Labute approximate surface area is 148 Å². The van der Waals surface area contributed by atoms with Gasteiger partial charge in [0.25, 0.3) is 0 Å². The lowest BCUT2D eigenvalue weighted by molar-refractivity contribution is 0.262. The smallest absolute Gasteiger partial charge is 0.323 e. The zero-order valence-electron chi connectivity index (χ0n) is 15.1. The molecule has 0 radical (unpaired) electrons. The van der Waals surface area contributed by atoms with Crippen LogP contribution in [-0.4, -0.2) is 33.3 Å². The van der Waals surface area contributed by atoms with E-state index in [9.17, 15) is 4.79 Å². The van der Waals surface area contributed by atoms with Crippen LogP contribution in [0.25, 0.3) is 0 Å². The predicted molar refractivity (Wildman–Crippen MR) is 102 cm³/mol. The Hall–Kier alpha value is -2.89. The quantitative estimate of drug-likeness (QED) is 0.791. The highest BCUT2D eigenvalue weighted by molar-refractivity contribution is 6.00. The third-order valence-electron chi connectivity index (χ3n) is 3.91. The minimum absolute atomic E-state index is 0.345. The van der Waals surface area contributed by atoms with Gasteiger partial charge >= 0.3 is 6.03 Å². The molecule has 0 bridgehead atoms. The number of nitrogens with zero attached hydrogens (tertiary/aromatic N) is 1. The summed E-state index contributed by atoms with van der Waals surface area (Å²) in [6, 6.07) is 12.6. The monoisotopic (exact) mass is 343 g/mol. The number of ether oxygens (including phenoxy) is 2.